The van der Waals surface area contributed by atoms with Crippen molar-refractivity contribution in [1.29, 1.82) is 0 Å². The fourth-order valence-electron chi connectivity index (χ4n) is 1.08. The van der Waals surface area contributed by atoms with E-state index in [1.54, 1.807) is 0 Å². The first-order valence-electron chi connectivity index (χ1n) is 4.19. The normalized spacial score (nSPS) is 18.9. The van der Waals surface area contributed by atoms with Crippen LogP contribution in [-0.4, -0.2) is 25.8 Å². The first kappa shape index (κ1) is 10.2. The molecule has 1 heterocycles. The third-order valence-corrected chi connectivity index (χ3v) is 2.30. The molecule has 1 saturated heterocycles. The number of carbonyl (C=O) groups excluding carboxylic acids is 1. The fraction of sp³-hybridized carbons (Fsp3) is 0.667. The average molecular weight is 188 g/mol. The molecule has 1 fully saturated rings. The van der Waals surface area contributed by atoms with Crippen LogP contribution < -0.4 is 0 Å². The van der Waals surface area contributed by atoms with Gasteiger partial charge in [0, 0.05) is 0 Å². The molecule has 0 spiro atoms. The molecule has 0 saturated carbocycles. The molecule has 0 aromatic rings. The lowest BCUT2D eigenvalue weighted by atomic mass is 9.84. The highest BCUT2D eigenvalue weighted by Crippen LogP contribution is 2.31. The summed E-state index contributed by atoms with van der Waals surface area (Å²) in [5.74, 6) is -2.02. The van der Waals surface area contributed by atoms with Gasteiger partial charge in [-0.2, -0.15) is 4.39 Å². The van der Waals surface area contributed by atoms with Crippen LogP contribution >= 0.6 is 0 Å². The molecule has 1 rings (SSSR count). The second-order valence-electron chi connectivity index (χ2n) is 3.33. The van der Waals surface area contributed by atoms with Crippen LogP contribution in [-0.2, 0) is 14.3 Å². The van der Waals surface area contributed by atoms with Gasteiger partial charge in [0.1, 0.15) is 6.61 Å². The maximum absolute atomic E-state index is 12.2. The molecule has 0 aromatic carbocycles. The predicted octanol–water partition coefficient (Wildman–Crippen LogP) is 1.44. The summed E-state index contributed by atoms with van der Waals surface area (Å²) in [6, 6.07) is 0. The van der Waals surface area contributed by atoms with Crippen LogP contribution in [0.4, 0.5) is 4.39 Å². The maximum Gasteiger partial charge on any atom is 0.366 e. The van der Waals surface area contributed by atoms with Gasteiger partial charge in [-0.15, -0.1) is 0 Å². The minimum Gasteiger partial charge on any atom is -0.460 e. The van der Waals surface area contributed by atoms with Crippen LogP contribution in [0.25, 0.3) is 0 Å². The highest BCUT2D eigenvalue weighted by Gasteiger charge is 2.38. The summed E-state index contributed by atoms with van der Waals surface area (Å²) in [6.07, 6.45) is 0.860. The van der Waals surface area contributed by atoms with Crippen LogP contribution in [0.1, 0.15) is 13.3 Å². The summed E-state index contributed by atoms with van der Waals surface area (Å²) < 4.78 is 21.9. The zero-order chi connectivity index (χ0) is 9.90. The van der Waals surface area contributed by atoms with E-state index in [0.29, 0.717) is 13.2 Å². The van der Waals surface area contributed by atoms with Crippen molar-refractivity contribution in [3.05, 3.63) is 12.4 Å². The van der Waals surface area contributed by atoms with E-state index in [4.69, 9.17) is 9.47 Å². The van der Waals surface area contributed by atoms with Gasteiger partial charge in [0.2, 0.25) is 5.83 Å². The Morgan fingerprint density at radius 2 is 2.31 bits per heavy atom. The second kappa shape index (κ2) is 3.87. The Balaban J connectivity index is 2.32. The first-order chi connectivity index (χ1) is 6.09. The van der Waals surface area contributed by atoms with Crippen molar-refractivity contribution >= 4 is 5.97 Å². The number of hydrogen-bond donors (Lipinski definition) is 0. The fourth-order valence-corrected chi connectivity index (χ4v) is 1.08. The van der Waals surface area contributed by atoms with E-state index in [1.165, 1.54) is 0 Å². The lowest BCUT2D eigenvalue weighted by molar-refractivity contribution is -0.168. The Morgan fingerprint density at radius 1 is 1.69 bits per heavy atom. The number of rotatable bonds is 4. The Hall–Kier alpha value is -0.900. The second-order valence-corrected chi connectivity index (χ2v) is 3.33. The van der Waals surface area contributed by atoms with E-state index >= 15 is 0 Å². The standard InChI is InChI=1S/C9H13FO3/c1-3-9(4-12-5-9)6-13-8(11)7(2)10/h2-6H2,1H3. The van der Waals surface area contributed by atoms with E-state index in [1.807, 2.05) is 6.92 Å². The van der Waals surface area contributed by atoms with Gasteiger partial charge in [-0.3, -0.25) is 0 Å². The molecule has 1 aliphatic heterocycles. The van der Waals surface area contributed by atoms with Gasteiger partial charge >= 0.3 is 5.97 Å². The van der Waals surface area contributed by atoms with E-state index in [2.05, 4.69) is 6.58 Å². The van der Waals surface area contributed by atoms with Crippen molar-refractivity contribution in [2.24, 2.45) is 5.41 Å². The van der Waals surface area contributed by atoms with Gasteiger partial charge in [0.15, 0.2) is 0 Å². The van der Waals surface area contributed by atoms with Crippen molar-refractivity contribution in [1.82, 2.24) is 0 Å². The van der Waals surface area contributed by atoms with E-state index in [-0.39, 0.29) is 12.0 Å². The predicted molar refractivity (Wildman–Crippen MR) is 44.8 cm³/mol. The summed E-state index contributed by atoms with van der Waals surface area (Å²) in [6.45, 7) is 6.21. The van der Waals surface area contributed by atoms with Gasteiger partial charge in [0.05, 0.1) is 18.6 Å². The molecule has 74 valence electrons. The minimum absolute atomic E-state index is 0.0922. The van der Waals surface area contributed by atoms with Crippen molar-refractivity contribution in [2.45, 2.75) is 13.3 Å². The minimum atomic E-state index is -1.05. The zero-order valence-electron chi connectivity index (χ0n) is 7.64. The lowest BCUT2D eigenvalue weighted by Gasteiger charge is -2.39. The number of esters is 1. The van der Waals surface area contributed by atoms with Crippen molar-refractivity contribution in [3.63, 3.8) is 0 Å². The summed E-state index contributed by atoms with van der Waals surface area (Å²) in [4.78, 5) is 10.7. The maximum atomic E-state index is 12.2. The molecule has 0 radical (unpaired) electrons. The van der Waals surface area contributed by atoms with Gasteiger partial charge in [0.25, 0.3) is 0 Å². The highest BCUT2D eigenvalue weighted by molar-refractivity contribution is 5.85. The lowest BCUT2D eigenvalue weighted by Crippen LogP contribution is -2.46. The van der Waals surface area contributed by atoms with Crippen molar-refractivity contribution in [2.75, 3.05) is 19.8 Å². The topological polar surface area (TPSA) is 35.5 Å². The molecule has 0 atom stereocenters. The molecular weight excluding hydrogens is 175 g/mol. The Kier molecular flexibility index (Phi) is 3.03. The van der Waals surface area contributed by atoms with Gasteiger partial charge in [-0.25, -0.2) is 4.79 Å². The van der Waals surface area contributed by atoms with Crippen molar-refractivity contribution < 1.29 is 18.7 Å². The summed E-state index contributed by atoms with van der Waals surface area (Å²) in [5, 5.41) is 0. The van der Waals surface area contributed by atoms with Crippen LogP contribution in [0.5, 0.6) is 0 Å². The quantitative estimate of drug-likeness (QED) is 0.494. The Bertz CT molecular complexity index is 215. The molecule has 0 aliphatic carbocycles. The largest absolute Gasteiger partial charge is 0.460 e. The number of hydrogen-bond acceptors (Lipinski definition) is 3. The smallest absolute Gasteiger partial charge is 0.366 e. The molecule has 0 aromatic heterocycles. The van der Waals surface area contributed by atoms with Gasteiger partial charge in [-0.1, -0.05) is 13.5 Å². The summed E-state index contributed by atoms with van der Waals surface area (Å²) in [7, 11) is 0. The molecule has 13 heavy (non-hydrogen) atoms. The van der Waals surface area contributed by atoms with Crippen LogP contribution in [0.2, 0.25) is 0 Å². The first-order valence-corrected chi connectivity index (χ1v) is 4.19. The SMILES string of the molecule is C=C(F)C(=O)OCC1(CC)COC1. The molecule has 0 N–H and O–H groups in total. The molecule has 1 aliphatic rings. The van der Waals surface area contributed by atoms with Gasteiger partial charge in [-0.05, 0) is 6.42 Å². The summed E-state index contributed by atoms with van der Waals surface area (Å²) in [5.41, 5.74) is -0.0922. The van der Waals surface area contributed by atoms with Crippen LogP contribution in [0.15, 0.2) is 12.4 Å². The van der Waals surface area contributed by atoms with E-state index in [9.17, 15) is 9.18 Å². The molecule has 0 bridgehead atoms. The summed E-state index contributed by atoms with van der Waals surface area (Å²) >= 11 is 0. The zero-order valence-corrected chi connectivity index (χ0v) is 7.64. The monoisotopic (exact) mass is 188 g/mol. The Labute approximate surface area is 76.5 Å². The third-order valence-electron chi connectivity index (χ3n) is 2.30. The van der Waals surface area contributed by atoms with Gasteiger partial charge < -0.3 is 9.47 Å². The highest BCUT2D eigenvalue weighted by atomic mass is 19.1. The number of halogens is 1. The molecule has 4 heteroatoms. The van der Waals surface area contributed by atoms with Crippen molar-refractivity contribution in [3.8, 4) is 0 Å². The molecule has 3 nitrogen and oxygen atoms in total. The average Bonchev–Trinajstić information content (AvgIpc) is 2.02. The molecular formula is C9H13FO3. The van der Waals surface area contributed by atoms with E-state index < -0.39 is 11.8 Å². The third kappa shape index (κ3) is 2.28. The van der Waals surface area contributed by atoms with Crippen LogP contribution in [0, 0.1) is 5.41 Å². The number of ether oxygens (including phenoxy) is 2. The van der Waals surface area contributed by atoms with E-state index in [0.717, 1.165) is 6.42 Å². The number of carbonyl (C=O) groups is 1. The molecule has 0 unspecified atom stereocenters. The Morgan fingerprint density at radius 3 is 2.62 bits per heavy atom. The molecule has 0 amide bonds. The van der Waals surface area contributed by atoms with Crippen LogP contribution in [0.3, 0.4) is 0 Å².